The number of nitrogens with zero attached hydrogens (tertiary/aromatic N) is 1. The number of anilines is 1. The molecule has 0 spiro atoms. The molecule has 1 aromatic rings. The summed E-state index contributed by atoms with van der Waals surface area (Å²) < 4.78 is 0. The third-order valence-corrected chi connectivity index (χ3v) is 2.20. The Morgan fingerprint density at radius 1 is 1.28 bits per heavy atom. The van der Waals surface area contributed by atoms with E-state index in [0.717, 1.165) is 0 Å². The van der Waals surface area contributed by atoms with Crippen molar-refractivity contribution in [2.75, 3.05) is 18.9 Å². The van der Waals surface area contributed by atoms with Gasteiger partial charge in [-0.3, -0.25) is 9.59 Å². The molecule has 2 N–H and O–H groups in total. The first-order valence-electron chi connectivity index (χ1n) is 5.63. The van der Waals surface area contributed by atoms with Gasteiger partial charge in [0.1, 0.15) is 0 Å². The van der Waals surface area contributed by atoms with Crippen molar-refractivity contribution in [1.29, 1.82) is 0 Å². The van der Waals surface area contributed by atoms with Crippen LogP contribution in [0.15, 0.2) is 30.3 Å². The molecule has 0 radical (unpaired) electrons. The van der Waals surface area contributed by atoms with Gasteiger partial charge in [-0.15, -0.1) is 0 Å². The standard InChI is InChI=1S/C13H18N2O3/c1-13(2,18)9-15(3)12(17)11(16)14-10-7-5-4-6-8-10/h4-8,18H,9H2,1-3H3,(H,14,16). The summed E-state index contributed by atoms with van der Waals surface area (Å²) in [6.07, 6.45) is 0. The Kier molecular flexibility index (Phi) is 4.44. The molecule has 1 aromatic carbocycles. The zero-order valence-electron chi connectivity index (χ0n) is 10.8. The minimum atomic E-state index is -1.03. The molecular weight excluding hydrogens is 232 g/mol. The zero-order valence-corrected chi connectivity index (χ0v) is 10.8. The molecule has 0 unspecified atom stereocenters. The van der Waals surface area contributed by atoms with Crippen LogP contribution in [0.2, 0.25) is 0 Å². The molecule has 1 rings (SSSR count). The molecule has 0 aliphatic rings. The Bertz CT molecular complexity index is 424. The number of hydrogen-bond donors (Lipinski definition) is 2. The Morgan fingerprint density at radius 3 is 2.33 bits per heavy atom. The second-order valence-corrected chi connectivity index (χ2v) is 4.79. The van der Waals surface area contributed by atoms with Gasteiger partial charge in [-0.05, 0) is 26.0 Å². The Morgan fingerprint density at radius 2 is 1.83 bits per heavy atom. The minimum Gasteiger partial charge on any atom is -0.389 e. The maximum atomic E-state index is 11.7. The van der Waals surface area contributed by atoms with E-state index in [-0.39, 0.29) is 6.54 Å². The van der Waals surface area contributed by atoms with Gasteiger partial charge in [0.15, 0.2) is 0 Å². The first-order valence-corrected chi connectivity index (χ1v) is 5.63. The topological polar surface area (TPSA) is 69.6 Å². The van der Waals surface area contributed by atoms with E-state index in [1.807, 2.05) is 6.07 Å². The normalized spacial score (nSPS) is 10.9. The maximum Gasteiger partial charge on any atom is 0.313 e. The van der Waals surface area contributed by atoms with E-state index in [1.54, 1.807) is 38.1 Å². The number of para-hydroxylation sites is 1. The molecule has 98 valence electrons. The van der Waals surface area contributed by atoms with Crippen LogP contribution in [-0.2, 0) is 9.59 Å². The van der Waals surface area contributed by atoms with Crippen molar-refractivity contribution in [3.8, 4) is 0 Å². The molecule has 0 fully saturated rings. The first-order chi connectivity index (χ1) is 8.29. The fraction of sp³-hybridized carbons (Fsp3) is 0.385. The molecule has 0 saturated carbocycles. The maximum absolute atomic E-state index is 11.7. The highest BCUT2D eigenvalue weighted by Gasteiger charge is 2.24. The highest BCUT2D eigenvalue weighted by atomic mass is 16.3. The molecule has 0 saturated heterocycles. The van der Waals surface area contributed by atoms with Crippen LogP contribution in [-0.4, -0.2) is 41.0 Å². The molecule has 0 heterocycles. The Balaban J connectivity index is 2.59. The lowest BCUT2D eigenvalue weighted by molar-refractivity contribution is -0.143. The molecule has 18 heavy (non-hydrogen) atoms. The highest BCUT2D eigenvalue weighted by Crippen LogP contribution is 2.07. The van der Waals surface area contributed by atoms with Crippen molar-refractivity contribution in [3.05, 3.63) is 30.3 Å². The summed E-state index contributed by atoms with van der Waals surface area (Å²) in [6.45, 7) is 3.24. The number of rotatable bonds is 3. The van der Waals surface area contributed by atoms with E-state index in [1.165, 1.54) is 11.9 Å². The molecule has 0 atom stereocenters. The molecule has 5 nitrogen and oxygen atoms in total. The molecule has 5 heteroatoms. The van der Waals surface area contributed by atoms with Crippen molar-refractivity contribution in [2.24, 2.45) is 0 Å². The summed E-state index contributed by atoms with van der Waals surface area (Å²) in [5, 5.41) is 12.1. The predicted octanol–water partition coefficient (Wildman–Crippen LogP) is 0.854. The lowest BCUT2D eigenvalue weighted by Gasteiger charge is -2.24. The van der Waals surface area contributed by atoms with Gasteiger partial charge in [-0.1, -0.05) is 18.2 Å². The number of nitrogens with one attached hydrogen (secondary N) is 1. The van der Waals surface area contributed by atoms with Crippen LogP contribution >= 0.6 is 0 Å². The van der Waals surface area contributed by atoms with Gasteiger partial charge in [-0.2, -0.15) is 0 Å². The number of hydrogen-bond acceptors (Lipinski definition) is 3. The quantitative estimate of drug-likeness (QED) is 0.781. The van der Waals surface area contributed by atoms with Crippen LogP contribution < -0.4 is 5.32 Å². The molecular formula is C13H18N2O3. The van der Waals surface area contributed by atoms with Gasteiger partial charge in [0.2, 0.25) is 0 Å². The second-order valence-electron chi connectivity index (χ2n) is 4.79. The number of benzene rings is 1. The van der Waals surface area contributed by atoms with Gasteiger partial charge < -0.3 is 15.3 Å². The summed E-state index contributed by atoms with van der Waals surface area (Å²) in [4.78, 5) is 24.6. The van der Waals surface area contributed by atoms with Crippen LogP contribution in [0.5, 0.6) is 0 Å². The van der Waals surface area contributed by atoms with Crippen LogP contribution in [0, 0.1) is 0 Å². The summed E-state index contributed by atoms with van der Waals surface area (Å²) in [5.74, 6) is -1.39. The van der Waals surface area contributed by atoms with E-state index in [2.05, 4.69) is 5.32 Å². The van der Waals surface area contributed by atoms with Crippen LogP contribution in [0.3, 0.4) is 0 Å². The first kappa shape index (κ1) is 14.2. The molecule has 0 aliphatic heterocycles. The van der Waals surface area contributed by atoms with E-state index in [0.29, 0.717) is 5.69 Å². The number of carbonyl (C=O) groups is 2. The van der Waals surface area contributed by atoms with E-state index in [9.17, 15) is 14.7 Å². The monoisotopic (exact) mass is 250 g/mol. The summed E-state index contributed by atoms with van der Waals surface area (Å²) in [6, 6.07) is 8.74. The van der Waals surface area contributed by atoms with E-state index < -0.39 is 17.4 Å². The van der Waals surface area contributed by atoms with Gasteiger partial charge in [-0.25, -0.2) is 0 Å². The molecule has 0 aromatic heterocycles. The van der Waals surface area contributed by atoms with Gasteiger partial charge in [0.25, 0.3) is 0 Å². The largest absolute Gasteiger partial charge is 0.389 e. The average molecular weight is 250 g/mol. The smallest absolute Gasteiger partial charge is 0.313 e. The Labute approximate surface area is 106 Å². The fourth-order valence-corrected chi connectivity index (χ4v) is 1.53. The van der Waals surface area contributed by atoms with Gasteiger partial charge in [0, 0.05) is 19.3 Å². The Hall–Kier alpha value is -1.88. The van der Waals surface area contributed by atoms with Crippen molar-refractivity contribution in [3.63, 3.8) is 0 Å². The summed E-state index contributed by atoms with van der Waals surface area (Å²) >= 11 is 0. The van der Waals surface area contributed by atoms with Crippen molar-refractivity contribution >= 4 is 17.5 Å². The summed E-state index contributed by atoms with van der Waals surface area (Å²) in [5.41, 5.74) is -0.468. The van der Waals surface area contributed by atoms with Gasteiger partial charge in [0.05, 0.1) is 5.60 Å². The molecule has 2 amide bonds. The average Bonchev–Trinajstić information content (AvgIpc) is 2.27. The second kappa shape index (κ2) is 5.64. The predicted molar refractivity (Wildman–Crippen MR) is 69.0 cm³/mol. The van der Waals surface area contributed by atoms with E-state index >= 15 is 0 Å². The number of likely N-dealkylation sites (N-methyl/N-ethyl adjacent to an activating group) is 1. The molecule has 0 bridgehead atoms. The number of amides is 2. The lowest BCUT2D eigenvalue weighted by Crippen LogP contribution is -2.44. The third-order valence-electron chi connectivity index (χ3n) is 2.20. The lowest BCUT2D eigenvalue weighted by atomic mass is 10.1. The van der Waals surface area contributed by atoms with Crippen molar-refractivity contribution < 1.29 is 14.7 Å². The fourth-order valence-electron chi connectivity index (χ4n) is 1.53. The number of carbonyl (C=O) groups excluding carboxylic acids is 2. The van der Waals surface area contributed by atoms with Crippen molar-refractivity contribution in [1.82, 2.24) is 4.90 Å². The van der Waals surface area contributed by atoms with Gasteiger partial charge >= 0.3 is 11.8 Å². The van der Waals surface area contributed by atoms with E-state index in [4.69, 9.17) is 0 Å². The van der Waals surface area contributed by atoms with Crippen LogP contribution in [0.1, 0.15) is 13.8 Å². The third kappa shape index (κ3) is 4.55. The SMILES string of the molecule is CN(CC(C)(C)O)C(=O)C(=O)Nc1ccccc1. The minimum absolute atomic E-state index is 0.0913. The number of aliphatic hydroxyl groups is 1. The highest BCUT2D eigenvalue weighted by molar-refractivity contribution is 6.39. The van der Waals surface area contributed by atoms with Crippen molar-refractivity contribution in [2.45, 2.75) is 19.4 Å². The van der Waals surface area contributed by atoms with Crippen LogP contribution in [0.25, 0.3) is 0 Å². The zero-order chi connectivity index (χ0) is 13.8. The molecule has 0 aliphatic carbocycles. The van der Waals surface area contributed by atoms with Crippen LogP contribution in [0.4, 0.5) is 5.69 Å². The summed E-state index contributed by atoms with van der Waals surface area (Å²) in [7, 11) is 1.48.